The lowest BCUT2D eigenvalue weighted by Gasteiger charge is -2.29. The number of nitrogens with one attached hydrogen (secondary N) is 3. The number of fused-ring (bicyclic) bond motifs is 5. The van der Waals surface area contributed by atoms with Gasteiger partial charge in [-0.2, -0.15) is 26.3 Å². The Hall–Kier alpha value is -14.0. The number of carbonyl (C=O) groups excluding carboxylic acids is 8. The normalized spacial score (nSPS) is 16.3. The van der Waals surface area contributed by atoms with Gasteiger partial charge < -0.3 is 83.0 Å². The van der Waals surface area contributed by atoms with Gasteiger partial charge in [0.15, 0.2) is 0 Å². The van der Waals surface area contributed by atoms with E-state index >= 15 is 0 Å². The number of hydrogen-bond acceptors (Lipinski definition) is 23. The Morgan fingerprint density at radius 1 is 0.440 bits per heavy atom. The summed E-state index contributed by atoms with van der Waals surface area (Å²) in [5.74, 6) is -1.90. The van der Waals surface area contributed by atoms with E-state index in [-0.39, 0.29) is 128 Å². The number of ether oxygens (including phenoxy) is 4. The second-order valence-electron chi connectivity index (χ2n) is 31.4. The number of aliphatic hydroxyl groups excluding tert-OH is 4. The Labute approximate surface area is 767 Å². The molecular weight excluding hydrogens is 1820 g/mol. The van der Waals surface area contributed by atoms with Crippen LogP contribution in [0, 0.1) is 5.92 Å². The fourth-order valence-electron chi connectivity index (χ4n) is 16.1. The molecule has 11 heterocycles. The van der Waals surface area contributed by atoms with Crippen molar-refractivity contribution in [3.05, 3.63) is 214 Å². The molecule has 1 aliphatic carbocycles. The number of amides is 8. The third kappa shape index (κ3) is 22.2. The first-order valence-electron chi connectivity index (χ1n) is 42.8. The van der Waals surface area contributed by atoms with Crippen molar-refractivity contribution >= 4 is 171 Å². The molecule has 1 saturated carbocycles. The summed E-state index contributed by atoms with van der Waals surface area (Å²) in [6, 6.07) is 45.4. The van der Waals surface area contributed by atoms with Crippen LogP contribution in [-0.4, -0.2) is 220 Å². The maximum atomic E-state index is 13.2. The lowest BCUT2D eigenvalue weighted by atomic mass is 9.85. The largest absolute Gasteiger partial charge is 0.507 e. The van der Waals surface area contributed by atoms with Crippen molar-refractivity contribution in [2.24, 2.45) is 11.7 Å². The lowest BCUT2D eigenvalue weighted by molar-refractivity contribution is -0.141. The van der Waals surface area contributed by atoms with Crippen molar-refractivity contribution < 1.29 is 104 Å². The standard InChI is InChI=1S/C27H27F3N4O4.C24H23N5O4.C21H20F3N5O4.C20H20BrN5O4/c28-27(29,30)18-3-1-2-17(12-18)23(35)14-24-32-21-13-20(33-10-11-38-15-25(33)36)8-9-22(21)34(24)19-6-4-16(5-7-19)26(31)37;30-12-3-10-29-21-9-7-17(28-11-13-33-15-22(28)31)14-20(21)26-24(29)27-23(32)19-8-6-16-4-1-2-5-18(16)25-19;22-21(23,24)17-4-1-3-14(25-17)19(32)27-20-26-15-11-13(28-8-10-33-12-18(28)31)5-6-16(15)29(20)7-2-9-30;21-17-4-1-3-14(22-17)19(29)24-20-23-15-11-13(25-8-10-30-12-18(25)28)5-6-16(15)26(20)7-2-9-27/h1-3,8-9,12-14,16,19,35H,4-7,10-11,15H2,(H2,31,37);1-2,4-9,14,30H,3,10-13,15H2,(H,26,27,32);1,3-6,11,30H,2,7-10,12H2,(H,26,27,32);1,3-6,11,27H,2,7-10,12H2,(H,23,24,29). The number of para-hydroxylation sites is 1. The molecule has 0 atom stereocenters. The average molecular weight is 1910 g/mol. The van der Waals surface area contributed by atoms with Crippen LogP contribution in [0.25, 0.3) is 66.9 Å². The van der Waals surface area contributed by atoms with Crippen molar-refractivity contribution in [2.45, 2.75) is 83.0 Å². The Kier molecular flexibility index (Phi) is 29.8. The molecule has 7 aromatic heterocycles. The SMILES string of the molecule is NC(=O)C1CCC(n2c(C=C(O)c3cccc(C(F)(F)F)c3)nc3cc(N4CCOCC4=O)ccc32)CC1.O=C(Nc1nc2cc(N3CCOCC3=O)ccc2n1CCCO)c1ccc2ccccc2n1.O=C(Nc1nc2cc(N3CCOCC3=O)ccc2n1CCCO)c1cccc(Br)n1.O=C(Nc1nc2cc(N3CCOCC3=O)ccc2n1CCCO)c1cccc(C(F)(F)F)n1. The van der Waals surface area contributed by atoms with Crippen LogP contribution in [0.1, 0.15) is 105 Å². The van der Waals surface area contributed by atoms with Crippen molar-refractivity contribution in [3.8, 4) is 0 Å². The van der Waals surface area contributed by atoms with Crippen LogP contribution in [0.4, 0.5) is 66.9 Å². The number of halogens is 7. The van der Waals surface area contributed by atoms with Crippen LogP contribution in [0.3, 0.4) is 0 Å². The smallest absolute Gasteiger partial charge is 0.433 e. The van der Waals surface area contributed by atoms with Gasteiger partial charge >= 0.3 is 12.4 Å². The molecule has 0 radical (unpaired) electrons. The molecule has 18 rings (SSSR count). The van der Waals surface area contributed by atoms with Gasteiger partial charge in [-0.05, 0) is 182 Å². The maximum absolute atomic E-state index is 13.2. The average Bonchev–Trinajstić information content (AvgIpc) is 1.33. The summed E-state index contributed by atoms with van der Waals surface area (Å²) in [7, 11) is 0. The van der Waals surface area contributed by atoms with Crippen LogP contribution in [-0.2, 0) is 74.9 Å². The van der Waals surface area contributed by atoms with E-state index in [0.717, 1.165) is 63.1 Å². The Morgan fingerprint density at radius 3 is 1.27 bits per heavy atom. The van der Waals surface area contributed by atoms with Gasteiger partial charge in [0, 0.05) is 117 Å². The zero-order chi connectivity index (χ0) is 94.5. The van der Waals surface area contributed by atoms with E-state index in [2.05, 4.69) is 61.8 Å². The molecule has 134 heavy (non-hydrogen) atoms. The van der Waals surface area contributed by atoms with Crippen LogP contribution in [0.15, 0.2) is 174 Å². The Balaban J connectivity index is 0.000000137. The highest BCUT2D eigenvalue weighted by Crippen LogP contribution is 2.40. The highest BCUT2D eigenvalue weighted by Gasteiger charge is 2.36. The number of primary amides is 1. The number of rotatable bonds is 23. The number of nitrogens with zero attached hydrogens (tertiary/aromatic N) is 15. The number of carbonyl (C=O) groups is 8. The van der Waals surface area contributed by atoms with Crippen LogP contribution in [0.2, 0.25) is 0 Å². The van der Waals surface area contributed by atoms with E-state index in [9.17, 15) is 85.1 Å². The van der Waals surface area contributed by atoms with Crippen molar-refractivity contribution in [1.82, 2.24) is 53.2 Å². The number of hydrogen-bond donors (Lipinski definition) is 8. The number of pyridine rings is 3. The van der Waals surface area contributed by atoms with E-state index in [0.29, 0.717) is 178 Å². The molecule has 5 fully saturated rings. The molecule has 4 saturated heterocycles. The minimum atomic E-state index is -4.68. The molecule has 698 valence electrons. The van der Waals surface area contributed by atoms with Gasteiger partial charge in [0.25, 0.3) is 41.4 Å². The number of alkyl halides is 6. The molecule has 6 aromatic carbocycles. The zero-order valence-electron chi connectivity index (χ0n) is 71.7. The molecule has 8 amide bonds. The monoisotopic (exact) mass is 1910 g/mol. The van der Waals surface area contributed by atoms with Gasteiger partial charge in [-0.3, -0.25) is 54.3 Å². The number of aromatic nitrogens is 11. The molecule has 9 N–H and O–H groups in total. The lowest BCUT2D eigenvalue weighted by Crippen LogP contribution is -2.41. The molecule has 4 aliphatic heterocycles. The fraction of sp³-hybridized carbons (Fsp3) is 0.315. The molecule has 35 nitrogen and oxygen atoms in total. The molecule has 0 bridgehead atoms. The second-order valence-corrected chi connectivity index (χ2v) is 32.2. The van der Waals surface area contributed by atoms with Crippen molar-refractivity contribution in [3.63, 3.8) is 0 Å². The van der Waals surface area contributed by atoms with Gasteiger partial charge in [0.05, 0.1) is 81.6 Å². The Morgan fingerprint density at radius 2 is 0.851 bits per heavy atom. The van der Waals surface area contributed by atoms with E-state index in [4.69, 9.17) is 29.7 Å². The van der Waals surface area contributed by atoms with E-state index in [1.54, 1.807) is 72.7 Å². The molecule has 0 spiro atoms. The molecule has 42 heteroatoms. The summed E-state index contributed by atoms with van der Waals surface area (Å²) in [5.41, 5.74) is 12.4. The van der Waals surface area contributed by atoms with Crippen LogP contribution >= 0.6 is 15.9 Å². The van der Waals surface area contributed by atoms with Crippen molar-refractivity contribution in [1.29, 1.82) is 0 Å². The molecule has 0 unspecified atom stereocenters. The molecular formula is C92H90BrF6N19O16. The maximum Gasteiger partial charge on any atom is 0.433 e. The topological polar surface area (TPSA) is 439 Å². The van der Waals surface area contributed by atoms with Crippen LogP contribution < -0.4 is 41.3 Å². The second kappa shape index (κ2) is 42.3. The Bertz CT molecular complexity index is 6610. The quantitative estimate of drug-likeness (QED) is 0.0167. The summed E-state index contributed by atoms with van der Waals surface area (Å²) in [6.07, 6.45) is -4.00. The van der Waals surface area contributed by atoms with Gasteiger partial charge in [0.1, 0.15) is 65.4 Å². The van der Waals surface area contributed by atoms with Crippen LogP contribution in [0.5, 0.6) is 0 Å². The molecule has 5 aliphatic rings. The number of aliphatic hydroxyl groups is 4. The van der Waals surface area contributed by atoms with E-state index in [1.807, 2.05) is 92.6 Å². The summed E-state index contributed by atoms with van der Waals surface area (Å²) < 4.78 is 107. The number of imidazole rings is 4. The van der Waals surface area contributed by atoms with E-state index in [1.165, 1.54) is 24.3 Å². The third-order valence-corrected chi connectivity index (χ3v) is 23.1. The summed E-state index contributed by atoms with van der Waals surface area (Å²) in [4.78, 5) is 136. The summed E-state index contributed by atoms with van der Waals surface area (Å²) >= 11 is 3.26. The van der Waals surface area contributed by atoms with Gasteiger partial charge in [-0.25, -0.2) is 34.9 Å². The number of morpholine rings is 4. The van der Waals surface area contributed by atoms with Gasteiger partial charge in [-0.1, -0.05) is 48.5 Å². The fourth-order valence-corrected chi connectivity index (χ4v) is 16.4. The highest BCUT2D eigenvalue weighted by atomic mass is 79.9. The third-order valence-electron chi connectivity index (χ3n) is 22.6. The van der Waals surface area contributed by atoms with Gasteiger partial charge in [-0.15, -0.1) is 0 Å². The number of benzene rings is 6. The predicted octanol–water partition coefficient (Wildman–Crippen LogP) is 11.9. The first-order chi connectivity index (χ1) is 64.6. The number of nitrogens with two attached hydrogens (primary N) is 1. The van der Waals surface area contributed by atoms with E-state index < -0.39 is 35.2 Å². The first kappa shape index (κ1) is 94.6. The summed E-state index contributed by atoms with van der Waals surface area (Å²) in [6.45, 7) is 4.80. The highest BCUT2D eigenvalue weighted by molar-refractivity contribution is 9.10. The number of aryl methyl sites for hydroxylation is 3. The first-order valence-corrected chi connectivity index (χ1v) is 43.6. The minimum absolute atomic E-state index is 0.00552. The number of anilines is 7. The predicted molar refractivity (Wildman–Crippen MR) is 486 cm³/mol. The zero-order valence-corrected chi connectivity index (χ0v) is 73.3. The van der Waals surface area contributed by atoms with Gasteiger partial charge in [0.2, 0.25) is 23.8 Å². The minimum Gasteiger partial charge on any atom is -0.507 e. The molecule has 13 aromatic rings. The van der Waals surface area contributed by atoms with Crippen molar-refractivity contribution in [2.75, 3.05) is 134 Å². The summed E-state index contributed by atoms with van der Waals surface area (Å²) in [5, 5.41) is 47.8.